The largest absolute Gasteiger partial charge is 0.379 e. The van der Waals surface area contributed by atoms with E-state index in [4.69, 9.17) is 4.74 Å². The second-order valence-electron chi connectivity index (χ2n) is 6.74. The summed E-state index contributed by atoms with van der Waals surface area (Å²) in [4.78, 5) is 5.10. The Hall–Kier alpha value is -0.940. The Bertz CT molecular complexity index is 463. The van der Waals surface area contributed by atoms with Gasteiger partial charge in [-0.15, -0.1) is 0 Å². The highest BCUT2D eigenvalue weighted by molar-refractivity contribution is 5.23. The predicted octanol–water partition coefficient (Wildman–Crippen LogP) is 1.70. The van der Waals surface area contributed by atoms with Crippen LogP contribution in [0.25, 0.3) is 0 Å². The third-order valence-corrected chi connectivity index (χ3v) is 4.88. The Morgan fingerprint density at radius 2 is 1.68 bits per heavy atom. The number of piperazine rings is 1. The van der Waals surface area contributed by atoms with Crippen molar-refractivity contribution in [2.45, 2.75) is 39.0 Å². The first-order valence-corrected chi connectivity index (χ1v) is 8.57. The van der Waals surface area contributed by atoms with Gasteiger partial charge in [0, 0.05) is 51.4 Å². The molecule has 0 amide bonds. The highest BCUT2D eigenvalue weighted by Crippen LogP contribution is 2.17. The maximum atomic E-state index is 5.43. The van der Waals surface area contributed by atoms with Crippen LogP contribution in [0.2, 0.25) is 0 Å². The number of ether oxygens (including phenoxy) is 1. The van der Waals surface area contributed by atoms with Gasteiger partial charge in [-0.25, -0.2) is 0 Å². The molecule has 22 heavy (non-hydrogen) atoms. The van der Waals surface area contributed by atoms with Crippen LogP contribution in [0, 0.1) is 0 Å². The topological polar surface area (TPSA) is 27.7 Å². The second-order valence-corrected chi connectivity index (χ2v) is 6.74. The van der Waals surface area contributed by atoms with Crippen LogP contribution in [0.5, 0.6) is 0 Å². The maximum absolute atomic E-state index is 5.43. The van der Waals surface area contributed by atoms with Crippen molar-refractivity contribution in [2.24, 2.45) is 0 Å². The summed E-state index contributed by atoms with van der Waals surface area (Å²) < 4.78 is 5.43. The van der Waals surface area contributed by atoms with E-state index in [9.17, 15) is 0 Å². The van der Waals surface area contributed by atoms with E-state index in [1.807, 2.05) is 0 Å². The number of hydrogen-bond donors (Lipinski definition) is 1. The smallest absolute Gasteiger partial charge is 0.0594 e. The van der Waals surface area contributed by atoms with Gasteiger partial charge in [0.25, 0.3) is 0 Å². The molecule has 4 heteroatoms. The lowest BCUT2D eigenvalue weighted by molar-refractivity contribution is 0.0341. The van der Waals surface area contributed by atoms with Gasteiger partial charge in [0.2, 0.25) is 0 Å². The number of benzene rings is 1. The number of morpholine rings is 1. The second kappa shape index (κ2) is 7.55. The van der Waals surface area contributed by atoms with Gasteiger partial charge in [0.15, 0.2) is 0 Å². The molecular formula is C18H29N3O. The molecular weight excluding hydrogens is 274 g/mol. The van der Waals surface area contributed by atoms with Gasteiger partial charge in [-0.05, 0) is 25.0 Å². The van der Waals surface area contributed by atoms with E-state index >= 15 is 0 Å². The van der Waals surface area contributed by atoms with Gasteiger partial charge >= 0.3 is 0 Å². The van der Waals surface area contributed by atoms with Crippen molar-refractivity contribution in [1.82, 2.24) is 15.1 Å². The molecule has 1 aromatic rings. The zero-order valence-electron chi connectivity index (χ0n) is 13.9. The normalized spacial score (nSPS) is 27.9. The molecule has 2 atom stereocenters. The van der Waals surface area contributed by atoms with Crippen LogP contribution in [0.1, 0.15) is 25.0 Å². The van der Waals surface area contributed by atoms with Crippen molar-refractivity contribution >= 4 is 0 Å². The zero-order valence-corrected chi connectivity index (χ0v) is 13.9. The fraction of sp³-hybridized carbons (Fsp3) is 0.667. The quantitative estimate of drug-likeness (QED) is 0.916. The van der Waals surface area contributed by atoms with Crippen LogP contribution in [-0.4, -0.2) is 61.3 Å². The van der Waals surface area contributed by atoms with E-state index in [1.54, 1.807) is 0 Å². The summed E-state index contributed by atoms with van der Waals surface area (Å²) in [6, 6.07) is 10.3. The average molecular weight is 303 g/mol. The summed E-state index contributed by atoms with van der Waals surface area (Å²) in [6.07, 6.45) is 0. The van der Waals surface area contributed by atoms with E-state index in [-0.39, 0.29) is 0 Å². The molecule has 2 heterocycles. The molecule has 0 spiro atoms. The van der Waals surface area contributed by atoms with E-state index in [0.717, 1.165) is 52.5 Å². The number of hydrogen-bond acceptors (Lipinski definition) is 4. The molecule has 0 unspecified atom stereocenters. The van der Waals surface area contributed by atoms with Crippen molar-refractivity contribution < 1.29 is 4.74 Å². The van der Waals surface area contributed by atoms with Crippen LogP contribution < -0.4 is 5.32 Å². The number of nitrogens with zero attached hydrogens (tertiary/aromatic N) is 2. The molecule has 2 aliphatic heterocycles. The molecule has 2 aliphatic rings. The Labute approximate surface area is 134 Å². The summed E-state index contributed by atoms with van der Waals surface area (Å²) in [5, 5.41) is 3.51. The fourth-order valence-electron chi connectivity index (χ4n) is 3.54. The van der Waals surface area contributed by atoms with Crippen molar-refractivity contribution in [3.63, 3.8) is 0 Å². The Morgan fingerprint density at radius 3 is 2.36 bits per heavy atom. The molecule has 0 aliphatic carbocycles. The summed E-state index contributed by atoms with van der Waals surface area (Å²) >= 11 is 0. The Morgan fingerprint density at radius 1 is 1.05 bits per heavy atom. The van der Waals surface area contributed by atoms with E-state index in [1.165, 1.54) is 11.1 Å². The van der Waals surface area contributed by atoms with Crippen LogP contribution >= 0.6 is 0 Å². The molecule has 0 bridgehead atoms. The first-order chi connectivity index (χ1) is 10.7. The van der Waals surface area contributed by atoms with Gasteiger partial charge in [-0.2, -0.15) is 0 Å². The van der Waals surface area contributed by atoms with E-state index in [0.29, 0.717) is 12.1 Å². The molecule has 0 radical (unpaired) electrons. The van der Waals surface area contributed by atoms with Crippen LogP contribution in [0.3, 0.4) is 0 Å². The van der Waals surface area contributed by atoms with Crippen molar-refractivity contribution in [2.75, 3.05) is 39.4 Å². The lowest BCUT2D eigenvalue weighted by atomic mass is 10.1. The number of rotatable bonds is 4. The van der Waals surface area contributed by atoms with Crippen LogP contribution in [-0.2, 0) is 17.8 Å². The summed E-state index contributed by atoms with van der Waals surface area (Å²) in [5.41, 5.74) is 2.86. The van der Waals surface area contributed by atoms with Crippen molar-refractivity contribution in [1.29, 1.82) is 0 Å². The van der Waals surface area contributed by atoms with Crippen molar-refractivity contribution in [3.05, 3.63) is 35.4 Å². The highest BCUT2D eigenvalue weighted by atomic mass is 16.5. The summed E-state index contributed by atoms with van der Waals surface area (Å²) in [7, 11) is 0. The average Bonchev–Trinajstić information content (AvgIpc) is 2.53. The van der Waals surface area contributed by atoms with E-state index in [2.05, 4.69) is 53.2 Å². The van der Waals surface area contributed by atoms with Gasteiger partial charge in [0.1, 0.15) is 0 Å². The molecule has 122 valence electrons. The fourth-order valence-corrected chi connectivity index (χ4v) is 3.54. The Kier molecular flexibility index (Phi) is 5.47. The van der Waals surface area contributed by atoms with Gasteiger partial charge in [-0.3, -0.25) is 9.80 Å². The third-order valence-electron chi connectivity index (χ3n) is 4.88. The maximum Gasteiger partial charge on any atom is 0.0594 e. The monoisotopic (exact) mass is 303 g/mol. The van der Waals surface area contributed by atoms with Gasteiger partial charge < -0.3 is 10.1 Å². The lowest BCUT2D eigenvalue weighted by Crippen LogP contribution is -2.54. The minimum atomic E-state index is 0.603. The third kappa shape index (κ3) is 4.07. The molecule has 1 N–H and O–H groups in total. The standard InChI is InChI=1S/C18H29N3O/c1-15-11-19-12-16(2)21(15)14-18-5-3-4-17(10-18)13-20-6-8-22-9-7-20/h3-5,10,15-16,19H,6-9,11-14H2,1-2H3/t15-,16+. The lowest BCUT2D eigenvalue weighted by Gasteiger charge is -2.39. The molecule has 3 rings (SSSR count). The minimum absolute atomic E-state index is 0.603. The highest BCUT2D eigenvalue weighted by Gasteiger charge is 2.24. The van der Waals surface area contributed by atoms with Crippen LogP contribution in [0.15, 0.2) is 24.3 Å². The first-order valence-electron chi connectivity index (χ1n) is 8.57. The van der Waals surface area contributed by atoms with Gasteiger partial charge in [-0.1, -0.05) is 24.3 Å². The van der Waals surface area contributed by atoms with Crippen molar-refractivity contribution in [3.8, 4) is 0 Å². The zero-order chi connectivity index (χ0) is 15.4. The molecule has 1 aromatic carbocycles. The molecule has 2 fully saturated rings. The number of nitrogens with one attached hydrogen (secondary N) is 1. The SMILES string of the molecule is C[C@@H]1CNC[C@H](C)N1Cc1cccc(CN2CCOCC2)c1. The molecule has 4 nitrogen and oxygen atoms in total. The van der Waals surface area contributed by atoms with E-state index < -0.39 is 0 Å². The molecule has 0 saturated carbocycles. The van der Waals surface area contributed by atoms with Gasteiger partial charge in [0.05, 0.1) is 13.2 Å². The first kappa shape index (κ1) is 15.9. The molecule has 0 aromatic heterocycles. The Balaban J connectivity index is 1.62. The minimum Gasteiger partial charge on any atom is -0.379 e. The predicted molar refractivity (Wildman–Crippen MR) is 89.9 cm³/mol. The summed E-state index contributed by atoms with van der Waals surface area (Å²) in [6.45, 7) is 12.8. The molecule has 2 saturated heterocycles. The van der Waals surface area contributed by atoms with Crippen LogP contribution in [0.4, 0.5) is 0 Å². The summed E-state index contributed by atoms with van der Waals surface area (Å²) in [5.74, 6) is 0.